The van der Waals surface area contributed by atoms with Crippen molar-refractivity contribution in [3.05, 3.63) is 54.1 Å². The molecular formula is C20H27N3O2. The summed E-state index contributed by atoms with van der Waals surface area (Å²) in [4.78, 5) is 16.9. The van der Waals surface area contributed by atoms with E-state index in [9.17, 15) is 4.79 Å². The molecule has 1 N–H and O–H groups in total. The monoisotopic (exact) mass is 341 g/mol. The Hall–Kier alpha value is -2.14. The van der Waals surface area contributed by atoms with Gasteiger partial charge in [-0.3, -0.25) is 4.79 Å². The first-order valence-electron chi connectivity index (χ1n) is 9.20. The molecule has 0 spiro atoms. The van der Waals surface area contributed by atoms with Crippen molar-refractivity contribution in [2.75, 3.05) is 6.54 Å². The molecule has 5 nitrogen and oxygen atoms in total. The van der Waals surface area contributed by atoms with E-state index >= 15 is 0 Å². The number of ether oxygens (including phenoxy) is 1. The molecule has 1 aromatic carbocycles. The summed E-state index contributed by atoms with van der Waals surface area (Å²) < 4.78 is 8.25. The van der Waals surface area contributed by atoms with E-state index in [0.29, 0.717) is 6.54 Å². The molecule has 0 radical (unpaired) electrons. The predicted molar refractivity (Wildman–Crippen MR) is 97.1 cm³/mol. The van der Waals surface area contributed by atoms with Gasteiger partial charge in [-0.2, -0.15) is 0 Å². The lowest BCUT2D eigenvalue weighted by Crippen LogP contribution is -2.33. The van der Waals surface area contributed by atoms with Crippen LogP contribution in [-0.4, -0.2) is 28.1 Å². The number of hydrogen-bond acceptors (Lipinski definition) is 3. The van der Waals surface area contributed by atoms with E-state index in [1.165, 1.54) is 12.8 Å². The summed E-state index contributed by atoms with van der Waals surface area (Å²) in [7, 11) is 0. The van der Waals surface area contributed by atoms with Crippen LogP contribution in [0.4, 0.5) is 0 Å². The third kappa shape index (κ3) is 4.92. The van der Waals surface area contributed by atoms with Crippen LogP contribution >= 0.6 is 0 Å². The molecule has 0 unspecified atom stereocenters. The second-order valence-corrected chi connectivity index (χ2v) is 6.65. The van der Waals surface area contributed by atoms with Crippen molar-refractivity contribution in [3.63, 3.8) is 0 Å². The number of imidazole rings is 1. The first-order valence-corrected chi connectivity index (χ1v) is 9.20. The number of rotatable bonds is 8. The zero-order valence-electron chi connectivity index (χ0n) is 14.9. The van der Waals surface area contributed by atoms with Gasteiger partial charge in [-0.05, 0) is 31.7 Å². The number of hydrogen-bond donors (Lipinski definition) is 1. The molecule has 2 aromatic rings. The number of benzene rings is 1. The van der Waals surface area contributed by atoms with Gasteiger partial charge in [-0.15, -0.1) is 0 Å². The van der Waals surface area contributed by atoms with E-state index in [4.69, 9.17) is 4.74 Å². The molecule has 1 aromatic heterocycles. The van der Waals surface area contributed by atoms with Crippen LogP contribution in [0, 0.1) is 6.92 Å². The maximum atomic E-state index is 12.7. The summed E-state index contributed by atoms with van der Waals surface area (Å²) in [6, 6.07) is 9.80. The van der Waals surface area contributed by atoms with Crippen LogP contribution in [-0.2, 0) is 16.1 Å². The maximum absolute atomic E-state index is 12.7. The van der Waals surface area contributed by atoms with Crippen molar-refractivity contribution in [1.29, 1.82) is 0 Å². The summed E-state index contributed by atoms with van der Waals surface area (Å²) in [5, 5.41) is 3.04. The van der Waals surface area contributed by atoms with Gasteiger partial charge in [0, 0.05) is 25.5 Å². The van der Waals surface area contributed by atoms with Gasteiger partial charge >= 0.3 is 0 Å². The first-order chi connectivity index (χ1) is 12.2. The fourth-order valence-electron chi connectivity index (χ4n) is 3.33. The fourth-order valence-corrected chi connectivity index (χ4v) is 3.33. The Kier molecular flexibility index (Phi) is 6.23. The number of carbonyl (C=O) groups is 1. The third-order valence-corrected chi connectivity index (χ3v) is 4.77. The van der Waals surface area contributed by atoms with E-state index in [-0.39, 0.29) is 12.0 Å². The van der Waals surface area contributed by atoms with Crippen LogP contribution < -0.4 is 5.32 Å². The Bertz CT molecular complexity index is 663. The molecule has 3 rings (SSSR count). The van der Waals surface area contributed by atoms with E-state index in [1.54, 1.807) is 6.20 Å². The third-order valence-electron chi connectivity index (χ3n) is 4.77. The molecule has 1 aliphatic carbocycles. The Morgan fingerprint density at radius 3 is 2.76 bits per heavy atom. The molecule has 1 saturated carbocycles. The van der Waals surface area contributed by atoms with Gasteiger partial charge in [0.05, 0.1) is 6.10 Å². The SMILES string of the molecule is Cc1nccn1CCCNC(=O)[C@@H](OC1CCCC1)c1ccccc1. The number of carbonyl (C=O) groups excluding carboxylic acids is 1. The minimum atomic E-state index is -0.515. The van der Waals surface area contributed by atoms with E-state index in [2.05, 4.69) is 14.9 Å². The summed E-state index contributed by atoms with van der Waals surface area (Å²) >= 11 is 0. The minimum absolute atomic E-state index is 0.0412. The van der Waals surface area contributed by atoms with Gasteiger partial charge in [0.25, 0.3) is 5.91 Å². The van der Waals surface area contributed by atoms with Crippen molar-refractivity contribution >= 4 is 5.91 Å². The zero-order chi connectivity index (χ0) is 17.5. The van der Waals surface area contributed by atoms with Crippen molar-refractivity contribution in [2.24, 2.45) is 0 Å². The number of amides is 1. The van der Waals surface area contributed by atoms with Gasteiger partial charge in [0.15, 0.2) is 6.10 Å². The zero-order valence-corrected chi connectivity index (χ0v) is 14.9. The van der Waals surface area contributed by atoms with Crippen molar-refractivity contribution in [2.45, 2.75) is 57.8 Å². The van der Waals surface area contributed by atoms with Crippen LogP contribution in [0.1, 0.15) is 49.6 Å². The molecule has 5 heteroatoms. The Labute approximate surface area is 149 Å². The van der Waals surface area contributed by atoms with Gasteiger partial charge in [-0.25, -0.2) is 4.98 Å². The number of nitrogens with one attached hydrogen (secondary N) is 1. The molecule has 25 heavy (non-hydrogen) atoms. The van der Waals surface area contributed by atoms with Crippen LogP contribution in [0.5, 0.6) is 0 Å². The van der Waals surface area contributed by atoms with E-state index in [1.807, 2.05) is 43.5 Å². The largest absolute Gasteiger partial charge is 0.360 e. The van der Waals surface area contributed by atoms with E-state index in [0.717, 1.165) is 37.2 Å². The Morgan fingerprint density at radius 1 is 1.32 bits per heavy atom. The highest BCUT2D eigenvalue weighted by Crippen LogP contribution is 2.28. The highest BCUT2D eigenvalue weighted by Gasteiger charge is 2.26. The average Bonchev–Trinajstić information content (AvgIpc) is 3.29. The highest BCUT2D eigenvalue weighted by atomic mass is 16.5. The lowest BCUT2D eigenvalue weighted by molar-refractivity contribution is -0.137. The Balaban J connectivity index is 1.54. The fraction of sp³-hybridized carbons (Fsp3) is 0.500. The minimum Gasteiger partial charge on any atom is -0.360 e. The molecule has 0 aliphatic heterocycles. The lowest BCUT2D eigenvalue weighted by Gasteiger charge is -2.22. The Morgan fingerprint density at radius 2 is 2.08 bits per heavy atom. The number of nitrogens with zero attached hydrogens (tertiary/aromatic N) is 2. The molecule has 1 aliphatic rings. The van der Waals surface area contributed by atoms with Crippen LogP contribution in [0.15, 0.2) is 42.7 Å². The van der Waals surface area contributed by atoms with Gasteiger partial charge in [-0.1, -0.05) is 43.2 Å². The molecule has 1 heterocycles. The van der Waals surface area contributed by atoms with Crippen molar-refractivity contribution in [1.82, 2.24) is 14.9 Å². The maximum Gasteiger partial charge on any atom is 0.253 e. The summed E-state index contributed by atoms with van der Waals surface area (Å²) in [5.74, 6) is 0.957. The normalized spacial score (nSPS) is 16.0. The van der Waals surface area contributed by atoms with Gasteiger partial charge in [0.1, 0.15) is 5.82 Å². The first kappa shape index (κ1) is 17.7. The standard InChI is InChI=1S/C20H27N3O2/c1-16-21-13-15-23(16)14-7-12-22-20(24)19(17-8-3-2-4-9-17)25-18-10-5-6-11-18/h2-4,8-9,13,15,18-19H,5-7,10-12,14H2,1H3,(H,22,24)/t19-/m0/s1. The van der Waals surface area contributed by atoms with Gasteiger partial charge in [0.2, 0.25) is 0 Å². The average molecular weight is 341 g/mol. The molecular weight excluding hydrogens is 314 g/mol. The summed E-state index contributed by atoms with van der Waals surface area (Å²) in [5.41, 5.74) is 0.928. The smallest absolute Gasteiger partial charge is 0.253 e. The highest BCUT2D eigenvalue weighted by molar-refractivity contribution is 5.82. The predicted octanol–water partition coefficient (Wildman–Crippen LogP) is 3.40. The molecule has 134 valence electrons. The second kappa shape index (κ2) is 8.81. The second-order valence-electron chi connectivity index (χ2n) is 6.65. The molecule has 1 atom stereocenters. The topological polar surface area (TPSA) is 56.2 Å². The van der Waals surface area contributed by atoms with E-state index < -0.39 is 6.10 Å². The molecule has 1 amide bonds. The summed E-state index contributed by atoms with van der Waals surface area (Å²) in [6.45, 7) is 3.47. The van der Waals surface area contributed by atoms with Crippen molar-refractivity contribution in [3.8, 4) is 0 Å². The van der Waals surface area contributed by atoms with Crippen LogP contribution in [0.3, 0.4) is 0 Å². The molecule has 0 bridgehead atoms. The lowest BCUT2D eigenvalue weighted by atomic mass is 10.1. The van der Waals surface area contributed by atoms with Gasteiger partial charge < -0.3 is 14.6 Å². The van der Waals surface area contributed by atoms with Crippen LogP contribution in [0.2, 0.25) is 0 Å². The van der Waals surface area contributed by atoms with Crippen molar-refractivity contribution < 1.29 is 9.53 Å². The number of aromatic nitrogens is 2. The number of aryl methyl sites for hydroxylation is 2. The van der Waals surface area contributed by atoms with Crippen LogP contribution in [0.25, 0.3) is 0 Å². The quantitative estimate of drug-likeness (QED) is 0.749. The summed E-state index contributed by atoms with van der Waals surface area (Å²) in [6.07, 6.45) is 8.81. The molecule has 0 saturated heterocycles. The molecule has 1 fully saturated rings.